The van der Waals surface area contributed by atoms with Gasteiger partial charge in [0.2, 0.25) is 0 Å². The van der Waals surface area contributed by atoms with Crippen LogP contribution in [0.25, 0.3) is 20.7 Å². The Hall–Kier alpha value is -1.99. The molecule has 5 rings (SSSR count). The fourth-order valence-corrected chi connectivity index (χ4v) is 5.44. The van der Waals surface area contributed by atoms with Crippen LogP contribution in [0, 0.1) is 0 Å². The third-order valence-corrected chi connectivity index (χ3v) is 6.73. The predicted octanol–water partition coefficient (Wildman–Crippen LogP) is 2.67. The Balaban J connectivity index is 1.69. The summed E-state index contributed by atoms with van der Waals surface area (Å²) in [4.78, 5) is 24.3. The van der Waals surface area contributed by atoms with E-state index in [2.05, 4.69) is 27.1 Å². The van der Waals surface area contributed by atoms with Gasteiger partial charge in [-0.2, -0.15) is 5.10 Å². The Morgan fingerprint density at radius 3 is 3.12 bits per heavy atom. The number of nitrogens with zero attached hydrogens (tertiary/aromatic N) is 3. The van der Waals surface area contributed by atoms with Crippen molar-refractivity contribution in [2.75, 3.05) is 20.1 Å². The van der Waals surface area contributed by atoms with Crippen molar-refractivity contribution in [2.24, 2.45) is 0 Å². The molecule has 7 heteroatoms. The SMILES string of the molecule is CN1CCCC(c2nc3c4c(sc3c(=O)[nH]2)-c2c[nH]nc2CCC4)C1. The number of hydrogen-bond acceptors (Lipinski definition) is 5. The van der Waals surface area contributed by atoms with Crippen molar-refractivity contribution in [1.82, 2.24) is 25.1 Å². The van der Waals surface area contributed by atoms with E-state index in [1.165, 1.54) is 10.4 Å². The van der Waals surface area contributed by atoms with Gasteiger partial charge < -0.3 is 9.88 Å². The van der Waals surface area contributed by atoms with Crippen LogP contribution in [0.1, 0.15) is 42.3 Å². The van der Waals surface area contributed by atoms with Crippen molar-refractivity contribution in [1.29, 1.82) is 0 Å². The number of fused-ring (bicyclic) bond motifs is 5. The summed E-state index contributed by atoms with van der Waals surface area (Å²) in [6.45, 7) is 2.09. The van der Waals surface area contributed by atoms with Gasteiger partial charge in [-0.15, -0.1) is 11.3 Å². The Labute approximate surface area is 149 Å². The van der Waals surface area contributed by atoms with Gasteiger partial charge in [-0.05, 0) is 51.3 Å². The first kappa shape index (κ1) is 15.3. The quantitative estimate of drug-likeness (QED) is 0.703. The van der Waals surface area contributed by atoms with Gasteiger partial charge in [0.05, 0.1) is 11.2 Å². The number of thiophene rings is 1. The molecule has 4 heterocycles. The normalized spacial score (nSPS) is 21.1. The average molecular weight is 355 g/mol. The van der Waals surface area contributed by atoms with Crippen molar-refractivity contribution in [3.8, 4) is 10.4 Å². The number of aryl methyl sites for hydroxylation is 2. The minimum Gasteiger partial charge on any atom is -0.309 e. The maximum atomic E-state index is 12.8. The van der Waals surface area contributed by atoms with E-state index in [9.17, 15) is 4.79 Å². The van der Waals surface area contributed by atoms with Crippen LogP contribution in [0.3, 0.4) is 0 Å². The number of piperidine rings is 1. The minimum absolute atomic E-state index is 0.0105. The molecule has 0 spiro atoms. The summed E-state index contributed by atoms with van der Waals surface area (Å²) in [7, 11) is 2.14. The molecule has 1 atom stereocenters. The standard InChI is InChI=1S/C18H21N5OS/c1-23-7-3-4-10(9-23)17-20-14-11-5-2-6-13-12(8-19-22-13)15(11)25-16(14)18(24)21-17/h8,10H,2-7,9H2,1H3,(H,19,22)(H,20,21,24). The fraction of sp³-hybridized carbons (Fsp3) is 0.500. The first-order valence-corrected chi connectivity index (χ1v) is 9.79. The predicted molar refractivity (Wildman–Crippen MR) is 99.3 cm³/mol. The highest BCUT2D eigenvalue weighted by Gasteiger charge is 2.26. The highest BCUT2D eigenvalue weighted by molar-refractivity contribution is 7.22. The Kier molecular flexibility index (Phi) is 3.53. The molecule has 1 aliphatic heterocycles. The zero-order valence-corrected chi connectivity index (χ0v) is 15.1. The molecule has 0 radical (unpaired) electrons. The minimum atomic E-state index is 0.0105. The Morgan fingerprint density at radius 2 is 2.24 bits per heavy atom. The van der Waals surface area contributed by atoms with Crippen LogP contribution in [0.5, 0.6) is 0 Å². The van der Waals surface area contributed by atoms with E-state index >= 15 is 0 Å². The van der Waals surface area contributed by atoms with Gasteiger partial charge in [0, 0.05) is 29.1 Å². The van der Waals surface area contributed by atoms with E-state index in [4.69, 9.17) is 4.98 Å². The molecular formula is C18H21N5OS. The number of aromatic nitrogens is 4. The van der Waals surface area contributed by atoms with Crippen LogP contribution in [0.15, 0.2) is 11.0 Å². The molecule has 1 saturated heterocycles. The molecule has 0 saturated carbocycles. The van der Waals surface area contributed by atoms with E-state index in [0.717, 1.165) is 72.5 Å². The largest absolute Gasteiger partial charge is 0.309 e. The second kappa shape index (κ2) is 5.78. The molecular weight excluding hydrogens is 334 g/mol. The molecule has 25 heavy (non-hydrogen) atoms. The number of H-pyrrole nitrogens is 2. The number of likely N-dealkylation sites (N-methyl/N-ethyl adjacent to an activating group) is 1. The molecule has 2 N–H and O–H groups in total. The van der Waals surface area contributed by atoms with Gasteiger partial charge in [-0.1, -0.05) is 0 Å². The summed E-state index contributed by atoms with van der Waals surface area (Å²) < 4.78 is 0.756. The lowest BCUT2D eigenvalue weighted by Gasteiger charge is -2.28. The van der Waals surface area contributed by atoms with Gasteiger partial charge >= 0.3 is 0 Å². The van der Waals surface area contributed by atoms with Crippen molar-refractivity contribution in [3.05, 3.63) is 33.6 Å². The van der Waals surface area contributed by atoms with Crippen molar-refractivity contribution in [3.63, 3.8) is 0 Å². The topological polar surface area (TPSA) is 77.7 Å². The Morgan fingerprint density at radius 1 is 1.32 bits per heavy atom. The highest BCUT2D eigenvalue weighted by Crippen LogP contribution is 2.41. The molecule has 0 bridgehead atoms. The molecule has 3 aromatic heterocycles. The molecule has 0 aromatic carbocycles. The lowest BCUT2D eigenvalue weighted by Crippen LogP contribution is -2.32. The lowest BCUT2D eigenvalue weighted by atomic mass is 9.97. The number of rotatable bonds is 1. The third-order valence-electron chi connectivity index (χ3n) is 5.47. The number of likely N-dealkylation sites (tertiary alicyclic amines) is 1. The van der Waals surface area contributed by atoms with Gasteiger partial charge in [-0.25, -0.2) is 4.98 Å². The molecule has 6 nitrogen and oxygen atoms in total. The first-order chi connectivity index (χ1) is 12.2. The highest BCUT2D eigenvalue weighted by atomic mass is 32.1. The van der Waals surface area contributed by atoms with Crippen LogP contribution in [0.2, 0.25) is 0 Å². The van der Waals surface area contributed by atoms with Crippen molar-refractivity contribution >= 4 is 21.6 Å². The molecule has 1 unspecified atom stereocenters. The molecule has 1 fully saturated rings. The zero-order valence-electron chi connectivity index (χ0n) is 14.3. The van der Waals surface area contributed by atoms with Gasteiger partial charge in [0.25, 0.3) is 5.56 Å². The number of nitrogens with one attached hydrogen (secondary N) is 2. The van der Waals surface area contributed by atoms with Crippen LogP contribution in [-0.2, 0) is 12.8 Å². The summed E-state index contributed by atoms with van der Waals surface area (Å²) in [5.74, 6) is 1.18. The van der Waals surface area contributed by atoms with Crippen molar-refractivity contribution in [2.45, 2.75) is 38.0 Å². The van der Waals surface area contributed by atoms with Crippen LogP contribution in [0.4, 0.5) is 0 Å². The summed E-state index contributed by atoms with van der Waals surface area (Å²) in [6, 6.07) is 0. The van der Waals surface area contributed by atoms with E-state index in [0.29, 0.717) is 5.92 Å². The van der Waals surface area contributed by atoms with Gasteiger partial charge in [0.15, 0.2) is 0 Å². The average Bonchev–Trinajstić information content (AvgIpc) is 3.16. The second-order valence-corrected chi connectivity index (χ2v) is 8.26. The summed E-state index contributed by atoms with van der Waals surface area (Å²) in [6.07, 6.45) is 7.20. The van der Waals surface area contributed by atoms with Gasteiger partial charge in [-0.3, -0.25) is 9.89 Å². The van der Waals surface area contributed by atoms with Crippen LogP contribution in [-0.4, -0.2) is 45.2 Å². The van der Waals surface area contributed by atoms with E-state index in [1.807, 2.05) is 6.20 Å². The maximum absolute atomic E-state index is 12.8. The van der Waals surface area contributed by atoms with E-state index in [-0.39, 0.29) is 5.56 Å². The fourth-order valence-electron chi connectivity index (χ4n) is 4.22. The third kappa shape index (κ3) is 2.45. The molecule has 2 aliphatic rings. The van der Waals surface area contributed by atoms with Crippen molar-refractivity contribution < 1.29 is 0 Å². The van der Waals surface area contributed by atoms with E-state index in [1.54, 1.807) is 11.3 Å². The van der Waals surface area contributed by atoms with Crippen LogP contribution < -0.4 is 5.56 Å². The molecule has 1 aliphatic carbocycles. The number of hydrogen-bond donors (Lipinski definition) is 2. The molecule has 3 aromatic rings. The second-order valence-electron chi connectivity index (χ2n) is 7.24. The number of aromatic amines is 2. The first-order valence-electron chi connectivity index (χ1n) is 8.98. The van der Waals surface area contributed by atoms with Crippen LogP contribution >= 0.6 is 11.3 Å². The summed E-state index contributed by atoms with van der Waals surface area (Å²) >= 11 is 1.57. The van der Waals surface area contributed by atoms with E-state index < -0.39 is 0 Å². The zero-order chi connectivity index (χ0) is 17.0. The lowest BCUT2D eigenvalue weighted by molar-refractivity contribution is 0.246. The molecule has 130 valence electrons. The summed E-state index contributed by atoms with van der Waals surface area (Å²) in [5, 5.41) is 7.36. The van der Waals surface area contributed by atoms with Gasteiger partial charge in [0.1, 0.15) is 10.5 Å². The summed E-state index contributed by atoms with van der Waals surface area (Å²) in [5.41, 5.74) is 4.42. The maximum Gasteiger partial charge on any atom is 0.268 e. The molecule has 0 amide bonds. The smallest absolute Gasteiger partial charge is 0.268 e. The monoisotopic (exact) mass is 355 g/mol. The Bertz CT molecular complexity index is 1000.